The highest BCUT2D eigenvalue weighted by molar-refractivity contribution is 7.99. The van der Waals surface area contributed by atoms with Crippen molar-refractivity contribution in [1.29, 1.82) is 0 Å². The molecular weight excluding hydrogens is 362 g/mol. The van der Waals surface area contributed by atoms with Crippen molar-refractivity contribution >= 4 is 29.3 Å². The van der Waals surface area contributed by atoms with Gasteiger partial charge in [-0.2, -0.15) is 0 Å². The summed E-state index contributed by atoms with van der Waals surface area (Å²) in [7, 11) is 0. The van der Waals surface area contributed by atoms with Crippen LogP contribution in [0.1, 0.15) is 19.0 Å². The van der Waals surface area contributed by atoms with Crippen molar-refractivity contribution in [3.05, 3.63) is 51.4 Å². The highest BCUT2D eigenvalue weighted by Crippen LogP contribution is 2.15. The first-order valence-corrected chi connectivity index (χ1v) is 9.31. The summed E-state index contributed by atoms with van der Waals surface area (Å²) in [5, 5.41) is 3.87. The summed E-state index contributed by atoms with van der Waals surface area (Å²) in [6.45, 7) is 2.77. The van der Waals surface area contributed by atoms with Crippen molar-refractivity contribution < 1.29 is 9.53 Å². The van der Waals surface area contributed by atoms with Crippen molar-refractivity contribution in [3.8, 4) is 5.75 Å². The van der Waals surface area contributed by atoms with Gasteiger partial charge in [-0.3, -0.25) is 9.59 Å². The molecule has 2 N–H and O–H groups in total. The van der Waals surface area contributed by atoms with Gasteiger partial charge in [-0.05, 0) is 30.7 Å². The maximum absolute atomic E-state index is 11.8. The molecule has 0 spiro atoms. The average Bonchev–Trinajstić information content (AvgIpc) is 2.58. The number of rotatable bonds is 9. The van der Waals surface area contributed by atoms with Crippen LogP contribution < -0.4 is 15.6 Å². The second kappa shape index (κ2) is 10.1. The number of nitrogens with zero attached hydrogens (tertiary/aromatic N) is 1. The molecule has 0 saturated heterocycles. The van der Waals surface area contributed by atoms with Crippen molar-refractivity contribution in [1.82, 2.24) is 15.3 Å². The normalized spacial score (nSPS) is 10.5. The van der Waals surface area contributed by atoms with Gasteiger partial charge in [0.2, 0.25) is 5.91 Å². The van der Waals surface area contributed by atoms with E-state index in [1.54, 1.807) is 24.3 Å². The lowest BCUT2D eigenvalue weighted by atomic mass is 10.2. The van der Waals surface area contributed by atoms with Gasteiger partial charge in [-0.1, -0.05) is 36.7 Å². The van der Waals surface area contributed by atoms with Crippen LogP contribution in [-0.2, 0) is 11.2 Å². The smallest absolute Gasteiger partial charge is 0.251 e. The number of ether oxygens (including phenoxy) is 1. The number of aromatic nitrogens is 2. The van der Waals surface area contributed by atoms with E-state index in [0.29, 0.717) is 29.1 Å². The van der Waals surface area contributed by atoms with Gasteiger partial charge in [0.25, 0.3) is 5.56 Å². The van der Waals surface area contributed by atoms with E-state index in [1.807, 2.05) is 6.92 Å². The molecule has 1 heterocycles. The largest absolute Gasteiger partial charge is 0.492 e. The van der Waals surface area contributed by atoms with Gasteiger partial charge < -0.3 is 15.0 Å². The lowest BCUT2D eigenvalue weighted by molar-refractivity contribution is -0.118. The Balaban J connectivity index is 1.70. The van der Waals surface area contributed by atoms with Gasteiger partial charge in [0.15, 0.2) is 5.16 Å². The number of H-pyrrole nitrogens is 1. The zero-order valence-corrected chi connectivity index (χ0v) is 15.5. The molecule has 0 radical (unpaired) electrons. The van der Waals surface area contributed by atoms with Crippen LogP contribution in [0.5, 0.6) is 5.75 Å². The first-order chi connectivity index (χ1) is 12.1. The van der Waals surface area contributed by atoms with Crippen LogP contribution in [0.2, 0.25) is 5.02 Å². The number of aryl methyl sites for hydroxylation is 1. The third kappa shape index (κ3) is 7.19. The third-order valence-electron chi connectivity index (χ3n) is 3.13. The molecule has 25 heavy (non-hydrogen) atoms. The van der Waals surface area contributed by atoms with E-state index in [4.69, 9.17) is 16.3 Å². The van der Waals surface area contributed by atoms with E-state index in [1.165, 1.54) is 17.8 Å². The van der Waals surface area contributed by atoms with Crippen molar-refractivity contribution in [2.24, 2.45) is 0 Å². The second-order valence-electron chi connectivity index (χ2n) is 5.23. The number of carbonyl (C=O) groups is 1. The van der Waals surface area contributed by atoms with Crippen molar-refractivity contribution in [2.45, 2.75) is 24.9 Å². The van der Waals surface area contributed by atoms with Crippen LogP contribution in [0.4, 0.5) is 0 Å². The van der Waals surface area contributed by atoms with Crippen LogP contribution in [0.25, 0.3) is 0 Å². The monoisotopic (exact) mass is 381 g/mol. The zero-order chi connectivity index (χ0) is 18.1. The molecule has 0 aliphatic heterocycles. The van der Waals surface area contributed by atoms with Gasteiger partial charge >= 0.3 is 0 Å². The molecule has 0 aliphatic rings. The molecule has 1 aromatic carbocycles. The van der Waals surface area contributed by atoms with E-state index in [9.17, 15) is 9.59 Å². The van der Waals surface area contributed by atoms with Crippen LogP contribution in [0.15, 0.2) is 40.3 Å². The first-order valence-electron chi connectivity index (χ1n) is 7.95. The zero-order valence-electron chi connectivity index (χ0n) is 13.9. The molecule has 0 saturated carbocycles. The Hall–Kier alpha value is -1.99. The lowest BCUT2D eigenvalue weighted by Gasteiger charge is -2.08. The van der Waals surface area contributed by atoms with E-state index >= 15 is 0 Å². The number of benzene rings is 1. The summed E-state index contributed by atoms with van der Waals surface area (Å²) < 4.78 is 5.49. The number of aromatic amines is 1. The quantitative estimate of drug-likeness (QED) is 0.396. The molecule has 8 heteroatoms. The molecule has 6 nitrogen and oxygen atoms in total. The minimum atomic E-state index is -0.197. The lowest BCUT2D eigenvalue weighted by Crippen LogP contribution is -2.29. The molecule has 134 valence electrons. The van der Waals surface area contributed by atoms with Crippen LogP contribution in [-0.4, -0.2) is 34.8 Å². The SMILES string of the molecule is CCCc1cc(=O)[nH]c(SCC(=O)NCCOc2ccc(Cl)cc2)n1. The number of nitrogens with one attached hydrogen (secondary N) is 2. The van der Waals surface area contributed by atoms with E-state index in [2.05, 4.69) is 15.3 Å². The summed E-state index contributed by atoms with van der Waals surface area (Å²) in [6.07, 6.45) is 1.65. The predicted octanol–water partition coefficient (Wildman–Crippen LogP) is 2.66. The van der Waals surface area contributed by atoms with Crippen molar-refractivity contribution in [3.63, 3.8) is 0 Å². The van der Waals surface area contributed by atoms with E-state index in [0.717, 1.165) is 18.5 Å². The fourth-order valence-corrected chi connectivity index (χ4v) is 2.86. The van der Waals surface area contributed by atoms with Crippen LogP contribution in [0, 0.1) is 0 Å². The molecule has 0 fully saturated rings. The molecule has 0 atom stereocenters. The number of hydrogen-bond acceptors (Lipinski definition) is 5. The number of hydrogen-bond donors (Lipinski definition) is 2. The van der Waals surface area contributed by atoms with Crippen molar-refractivity contribution in [2.75, 3.05) is 18.9 Å². The number of halogens is 1. The number of amides is 1. The Labute approximate surface area is 155 Å². The third-order valence-corrected chi connectivity index (χ3v) is 4.25. The first kappa shape index (κ1) is 19.3. The fourth-order valence-electron chi connectivity index (χ4n) is 2.01. The van der Waals surface area contributed by atoms with Gasteiger partial charge in [-0.15, -0.1) is 0 Å². The minimum absolute atomic E-state index is 0.145. The standard InChI is InChI=1S/C17H20ClN3O3S/c1-2-3-13-10-15(22)21-17(20-13)25-11-16(23)19-8-9-24-14-6-4-12(18)5-7-14/h4-7,10H,2-3,8-9,11H2,1H3,(H,19,23)(H,20,21,22). The summed E-state index contributed by atoms with van der Waals surface area (Å²) in [4.78, 5) is 30.4. The van der Waals surface area contributed by atoms with Gasteiger partial charge in [0.1, 0.15) is 12.4 Å². The van der Waals surface area contributed by atoms with Gasteiger partial charge in [0.05, 0.1) is 12.3 Å². The molecule has 0 unspecified atom stereocenters. The van der Waals surface area contributed by atoms with Crippen LogP contribution >= 0.6 is 23.4 Å². The highest BCUT2D eigenvalue weighted by Gasteiger charge is 2.06. The summed E-state index contributed by atoms with van der Waals surface area (Å²) in [5.74, 6) is 0.732. The fraction of sp³-hybridized carbons (Fsp3) is 0.353. The Morgan fingerprint density at radius 3 is 2.84 bits per heavy atom. The molecule has 0 bridgehead atoms. The summed E-state index contributed by atoms with van der Waals surface area (Å²) >= 11 is 7.00. The Morgan fingerprint density at radius 1 is 1.36 bits per heavy atom. The van der Waals surface area contributed by atoms with E-state index in [-0.39, 0.29) is 17.2 Å². The summed E-state index contributed by atoms with van der Waals surface area (Å²) in [6, 6.07) is 8.51. The predicted molar refractivity (Wildman–Crippen MR) is 99.5 cm³/mol. The molecule has 2 rings (SSSR count). The Morgan fingerprint density at radius 2 is 2.12 bits per heavy atom. The van der Waals surface area contributed by atoms with Gasteiger partial charge in [0, 0.05) is 16.8 Å². The maximum atomic E-state index is 11.8. The second-order valence-corrected chi connectivity index (χ2v) is 6.63. The molecule has 2 aromatic rings. The molecule has 1 aromatic heterocycles. The number of carbonyl (C=O) groups excluding carboxylic acids is 1. The molecule has 0 aliphatic carbocycles. The Bertz CT molecular complexity index is 750. The van der Waals surface area contributed by atoms with Crippen LogP contribution in [0.3, 0.4) is 0 Å². The minimum Gasteiger partial charge on any atom is -0.492 e. The van der Waals surface area contributed by atoms with Gasteiger partial charge in [-0.25, -0.2) is 4.98 Å². The maximum Gasteiger partial charge on any atom is 0.251 e. The topological polar surface area (TPSA) is 84.1 Å². The average molecular weight is 382 g/mol. The number of thioether (sulfide) groups is 1. The highest BCUT2D eigenvalue weighted by atomic mass is 35.5. The summed E-state index contributed by atoms with van der Waals surface area (Å²) in [5.41, 5.74) is 0.545. The molecule has 1 amide bonds. The Kier molecular flexibility index (Phi) is 7.81. The van der Waals surface area contributed by atoms with E-state index < -0.39 is 0 Å². The molecular formula is C17H20ClN3O3S.